The number of hydrogen-bond acceptors (Lipinski definition) is 2. The Morgan fingerprint density at radius 3 is 2.80 bits per heavy atom. The molecule has 0 aliphatic carbocycles. The van der Waals surface area contributed by atoms with Crippen molar-refractivity contribution in [3.05, 3.63) is 29.8 Å². The first kappa shape index (κ1) is 14.9. The molecule has 1 aromatic rings. The molecule has 3 atom stereocenters. The maximum Gasteiger partial charge on any atom is 0.321 e. The average Bonchev–Trinajstić information content (AvgIpc) is 2.42. The Balaban J connectivity index is 1.99. The average molecular weight is 276 g/mol. The van der Waals surface area contributed by atoms with E-state index in [9.17, 15) is 9.90 Å². The highest BCUT2D eigenvalue weighted by atomic mass is 16.3. The van der Waals surface area contributed by atoms with Crippen LogP contribution < -0.4 is 5.32 Å². The molecule has 4 nitrogen and oxygen atoms in total. The first-order chi connectivity index (χ1) is 9.47. The van der Waals surface area contributed by atoms with Crippen LogP contribution in [0.4, 0.5) is 10.5 Å². The lowest BCUT2D eigenvalue weighted by atomic mass is 9.89. The number of aliphatic hydroxyl groups excluding tert-OH is 1. The second-order valence-corrected chi connectivity index (χ2v) is 5.92. The summed E-state index contributed by atoms with van der Waals surface area (Å²) >= 11 is 0. The topological polar surface area (TPSA) is 52.6 Å². The van der Waals surface area contributed by atoms with Crippen LogP contribution in [0.15, 0.2) is 24.3 Å². The van der Waals surface area contributed by atoms with E-state index >= 15 is 0 Å². The number of anilines is 1. The largest absolute Gasteiger partial charge is 0.389 e. The number of benzene rings is 1. The standard InChI is InChI=1S/C16H24N2O2/c1-11-7-8-18(10-12(11)2)16(20)17-15-6-4-5-14(9-15)13(3)19/h4-6,9,11-13,19H,7-8,10H2,1-3H3,(H,17,20). The van der Waals surface area contributed by atoms with E-state index in [0.29, 0.717) is 11.8 Å². The molecule has 2 N–H and O–H groups in total. The maximum atomic E-state index is 12.3. The normalized spacial score (nSPS) is 24.3. The van der Waals surface area contributed by atoms with Crippen LogP contribution in [0.5, 0.6) is 0 Å². The summed E-state index contributed by atoms with van der Waals surface area (Å²) in [5, 5.41) is 12.5. The van der Waals surface area contributed by atoms with E-state index in [1.165, 1.54) is 0 Å². The predicted molar refractivity (Wildman–Crippen MR) is 80.6 cm³/mol. The Morgan fingerprint density at radius 1 is 1.40 bits per heavy atom. The third kappa shape index (κ3) is 3.51. The summed E-state index contributed by atoms with van der Waals surface area (Å²) in [5.74, 6) is 1.22. The van der Waals surface area contributed by atoms with Crippen LogP contribution in [-0.4, -0.2) is 29.1 Å². The van der Waals surface area contributed by atoms with Gasteiger partial charge in [-0.25, -0.2) is 4.79 Å². The number of carbonyl (C=O) groups excluding carboxylic acids is 1. The molecule has 4 heteroatoms. The maximum absolute atomic E-state index is 12.3. The van der Waals surface area contributed by atoms with Crippen molar-refractivity contribution >= 4 is 11.7 Å². The number of aliphatic hydroxyl groups is 1. The van der Waals surface area contributed by atoms with Gasteiger partial charge >= 0.3 is 6.03 Å². The number of amides is 2. The number of piperidine rings is 1. The third-order valence-electron chi connectivity index (χ3n) is 4.24. The SMILES string of the molecule is CC(O)c1cccc(NC(=O)N2CCC(C)C(C)C2)c1. The number of nitrogens with one attached hydrogen (secondary N) is 1. The molecule has 0 spiro atoms. The number of rotatable bonds is 2. The summed E-state index contributed by atoms with van der Waals surface area (Å²) in [7, 11) is 0. The number of carbonyl (C=O) groups is 1. The van der Waals surface area contributed by atoms with Crippen molar-refractivity contribution in [3.63, 3.8) is 0 Å². The summed E-state index contributed by atoms with van der Waals surface area (Å²) in [5.41, 5.74) is 1.54. The Labute approximate surface area is 120 Å². The minimum Gasteiger partial charge on any atom is -0.389 e. The Kier molecular flexibility index (Phi) is 4.65. The molecule has 1 fully saturated rings. The van der Waals surface area contributed by atoms with Gasteiger partial charge in [-0.3, -0.25) is 0 Å². The highest BCUT2D eigenvalue weighted by molar-refractivity contribution is 5.89. The van der Waals surface area contributed by atoms with Gasteiger partial charge in [-0.1, -0.05) is 26.0 Å². The predicted octanol–water partition coefficient (Wildman–Crippen LogP) is 3.25. The van der Waals surface area contributed by atoms with Gasteiger partial charge in [0.05, 0.1) is 6.10 Å². The number of likely N-dealkylation sites (tertiary alicyclic amines) is 1. The molecule has 1 saturated heterocycles. The minimum absolute atomic E-state index is 0.0495. The quantitative estimate of drug-likeness (QED) is 0.871. The molecule has 1 heterocycles. The molecular weight excluding hydrogens is 252 g/mol. The zero-order chi connectivity index (χ0) is 14.7. The molecule has 1 aliphatic heterocycles. The Hall–Kier alpha value is -1.55. The summed E-state index contributed by atoms with van der Waals surface area (Å²) in [6.07, 6.45) is 0.533. The lowest BCUT2D eigenvalue weighted by Crippen LogP contribution is -2.44. The van der Waals surface area contributed by atoms with Crippen molar-refractivity contribution in [3.8, 4) is 0 Å². The molecule has 0 radical (unpaired) electrons. The van der Waals surface area contributed by atoms with Gasteiger partial charge in [0.1, 0.15) is 0 Å². The van der Waals surface area contributed by atoms with Crippen LogP contribution in [0.25, 0.3) is 0 Å². The van der Waals surface area contributed by atoms with Gasteiger partial charge in [0.25, 0.3) is 0 Å². The van der Waals surface area contributed by atoms with Gasteiger partial charge in [0.2, 0.25) is 0 Å². The second kappa shape index (κ2) is 6.27. The Bertz CT molecular complexity index is 473. The minimum atomic E-state index is -0.525. The smallest absolute Gasteiger partial charge is 0.321 e. The van der Waals surface area contributed by atoms with Crippen molar-refractivity contribution < 1.29 is 9.90 Å². The lowest BCUT2D eigenvalue weighted by Gasteiger charge is -2.35. The lowest BCUT2D eigenvalue weighted by molar-refractivity contribution is 0.154. The van der Waals surface area contributed by atoms with Gasteiger partial charge in [-0.15, -0.1) is 0 Å². The van der Waals surface area contributed by atoms with Gasteiger partial charge in [-0.2, -0.15) is 0 Å². The van der Waals surface area contributed by atoms with E-state index in [-0.39, 0.29) is 6.03 Å². The molecule has 0 aromatic heterocycles. The first-order valence-electron chi connectivity index (χ1n) is 7.31. The molecule has 1 aromatic carbocycles. The zero-order valence-corrected chi connectivity index (χ0v) is 12.5. The van der Waals surface area contributed by atoms with Crippen molar-refractivity contribution in [2.24, 2.45) is 11.8 Å². The van der Waals surface area contributed by atoms with Gasteiger partial charge in [0, 0.05) is 18.8 Å². The summed E-state index contributed by atoms with van der Waals surface area (Å²) < 4.78 is 0. The van der Waals surface area contributed by atoms with Crippen molar-refractivity contribution in [2.45, 2.75) is 33.3 Å². The van der Waals surface area contributed by atoms with E-state index in [4.69, 9.17) is 0 Å². The molecule has 20 heavy (non-hydrogen) atoms. The molecular formula is C16H24N2O2. The highest BCUT2D eigenvalue weighted by Crippen LogP contribution is 2.23. The number of nitrogens with zero attached hydrogens (tertiary/aromatic N) is 1. The van der Waals surface area contributed by atoms with Gasteiger partial charge in [-0.05, 0) is 42.9 Å². The van der Waals surface area contributed by atoms with Gasteiger partial charge in [0.15, 0.2) is 0 Å². The summed E-state index contributed by atoms with van der Waals surface area (Å²) in [6.45, 7) is 7.77. The highest BCUT2D eigenvalue weighted by Gasteiger charge is 2.25. The van der Waals surface area contributed by atoms with Crippen LogP contribution in [0, 0.1) is 11.8 Å². The van der Waals surface area contributed by atoms with Crippen LogP contribution in [-0.2, 0) is 0 Å². The third-order valence-corrected chi connectivity index (χ3v) is 4.24. The van der Waals surface area contributed by atoms with Crippen molar-refractivity contribution in [1.82, 2.24) is 4.90 Å². The van der Waals surface area contributed by atoms with E-state index < -0.39 is 6.10 Å². The second-order valence-electron chi connectivity index (χ2n) is 5.92. The molecule has 110 valence electrons. The fraction of sp³-hybridized carbons (Fsp3) is 0.562. The molecule has 0 bridgehead atoms. The fourth-order valence-corrected chi connectivity index (χ4v) is 2.53. The molecule has 3 unspecified atom stereocenters. The van der Waals surface area contributed by atoms with Crippen LogP contribution in [0.1, 0.15) is 38.9 Å². The number of hydrogen-bond donors (Lipinski definition) is 2. The van der Waals surface area contributed by atoms with Gasteiger partial charge < -0.3 is 15.3 Å². The zero-order valence-electron chi connectivity index (χ0n) is 12.5. The molecule has 2 rings (SSSR count). The van der Waals surface area contributed by atoms with Crippen LogP contribution in [0.3, 0.4) is 0 Å². The first-order valence-corrected chi connectivity index (χ1v) is 7.31. The molecule has 0 saturated carbocycles. The summed E-state index contributed by atoms with van der Waals surface area (Å²) in [6, 6.07) is 7.31. The van der Waals surface area contributed by atoms with Crippen molar-refractivity contribution in [1.29, 1.82) is 0 Å². The van der Waals surface area contributed by atoms with E-state index in [2.05, 4.69) is 19.2 Å². The summed E-state index contributed by atoms with van der Waals surface area (Å²) in [4.78, 5) is 14.1. The number of urea groups is 1. The van der Waals surface area contributed by atoms with Crippen LogP contribution in [0.2, 0.25) is 0 Å². The van der Waals surface area contributed by atoms with Crippen molar-refractivity contribution in [2.75, 3.05) is 18.4 Å². The van der Waals surface area contributed by atoms with E-state index in [1.807, 2.05) is 29.2 Å². The van der Waals surface area contributed by atoms with E-state index in [1.54, 1.807) is 6.92 Å². The fourth-order valence-electron chi connectivity index (χ4n) is 2.53. The van der Waals surface area contributed by atoms with Crippen LogP contribution >= 0.6 is 0 Å². The molecule has 2 amide bonds. The Morgan fingerprint density at radius 2 is 2.15 bits per heavy atom. The monoisotopic (exact) mass is 276 g/mol. The molecule has 1 aliphatic rings. The van der Waals surface area contributed by atoms with E-state index in [0.717, 1.165) is 30.8 Å².